The van der Waals surface area contributed by atoms with Crippen molar-refractivity contribution in [3.63, 3.8) is 0 Å². The highest BCUT2D eigenvalue weighted by Crippen LogP contribution is 2.18. The molecule has 0 spiro atoms. The fourth-order valence-corrected chi connectivity index (χ4v) is 1.53. The number of hydrogen-bond acceptors (Lipinski definition) is 4. The van der Waals surface area contributed by atoms with Crippen molar-refractivity contribution in [1.29, 1.82) is 0 Å². The van der Waals surface area contributed by atoms with Crippen LogP contribution in [0.1, 0.15) is 5.56 Å². The highest BCUT2D eigenvalue weighted by atomic mass is 16.5. The van der Waals surface area contributed by atoms with Crippen LogP contribution < -0.4 is 10.5 Å². The van der Waals surface area contributed by atoms with Gasteiger partial charge in [0.1, 0.15) is 12.4 Å². The highest BCUT2D eigenvalue weighted by molar-refractivity contribution is 5.77. The van der Waals surface area contributed by atoms with Crippen LogP contribution in [-0.4, -0.2) is 44.7 Å². The lowest BCUT2D eigenvalue weighted by Crippen LogP contribution is -2.30. The third-order valence-corrected chi connectivity index (χ3v) is 2.51. The molecule has 1 aromatic rings. The van der Waals surface area contributed by atoms with Crippen molar-refractivity contribution >= 4 is 5.91 Å². The summed E-state index contributed by atoms with van der Waals surface area (Å²) in [6, 6.07) is 7.62. The number of carbonyl (C=O) groups is 1. The molecule has 1 rings (SSSR count). The van der Waals surface area contributed by atoms with Crippen LogP contribution in [0.2, 0.25) is 0 Å². The van der Waals surface area contributed by atoms with Crippen LogP contribution in [0.15, 0.2) is 24.3 Å². The van der Waals surface area contributed by atoms with Gasteiger partial charge < -0.3 is 20.1 Å². The van der Waals surface area contributed by atoms with E-state index in [2.05, 4.69) is 0 Å². The quantitative estimate of drug-likeness (QED) is 0.723. The second kappa shape index (κ2) is 7.68. The largest absolute Gasteiger partial charge is 0.496 e. The number of methoxy groups -OCH3 is 1. The fourth-order valence-electron chi connectivity index (χ4n) is 1.53. The molecule has 1 aromatic carbocycles. The first-order chi connectivity index (χ1) is 8.69. The molecule has 0 saturated heterocycles. The molecule has 100 valence electrons. The van der Waals surface area contributed by atoms with Gasteiger partial charge in [-0.25, -0.2) is 0 Å². The molecule has 2 N–H and O–H groups in total. The molecule has 0 fully saturated rings. The van der Waals surface area contributed by atoms with E-state index in [4.69, 9.17) is 15.2 Å². The Morgan fingerprint density at radius 2 is 2.11 bits per heavy atom. The first-order valence-corrected chi connectivity index (χ1v) is 5.82. The maximum Gasteiger partial charge on any atom is 0.248 e. The Kier molecular flexibility index (Phi) is 6.18. The predicted molar refractivity (Wildman–Crippen MR) is 69.3 cm³/mol. The minimum atomic E-state index is -0.0747. The van der Waals surface area contributed by atoms with Crippen LogP contribution in [0.4, 0.5) is 0 Å². The molecule has 0 saturated carbocycles. The summed E-state index contributed by atoms with van der Waals surface area (Å²) in [5, 5.41) is 0. The molecule has 5 heteroatoms. The minimum Gasteiger partial charge on any atom is -0.496 e. The molecule has 0 aliphatic heterocycles. The Hall–Kier alpha value is -1.59. The third-order valence-electron chi connectivity index (χ3n) is 2.51. The second-order valence-electron chi connectivity index (χ2n) is 3.90. The highest BCUT2D eigenvalue weighted by Gasteiger charge is 2.11. The standard InChI is InChI=1S/C13H20N2O3/c1-15(13(16)10-18-8-7-14)9-11-5-3-4-6-12(11)17-2/h3-6H,7-10,14H2,1-2H3. The van der Waals surface area contributed by atoms with Crippen molar-refractivity contribution in [2.24, 2.45) is 5.73 Å². The van der Waals surface area contributed by atoms with E-state index in [9.17, 15) is 4.79 Å². The van der Waals surface area contributed by atoms with Gasteiger partial charge in [-0.05, 0) is 6.07 Å². The molecular formula is C13H20N2O3. The Morgan fingerprint density at radius 1 is 1.39 bits per heavy atom. The van der Waals surface area contributed by atoms with Crippen LogP contribution in [-0.2, 0) is 16.1 Å². The zero-order valence-electron chi connectivity index (χ0n) is 10.9. The lowest BCUT2D eigenvalue weighted by Gasteiger charge is -2.18. The van der Waals surface area contributed by atoms with E-state index in [0.717, 1.165) is 11.3 Å². The number of likely N-dealkylation sites (N-methyl/N-ethyl adjacent to an activating group) is 1. The van der Waals surface area contributed by atoms with Gasteiger partial charge in [0.25, 0.3) is 0 Å². The summed E-state index contributed by atoms with van der Waals surface area (Å²) < 4.78 is 10.4. The van der Waals surface area contributed by atoms with Crippen LogP contribution in [0, 0.1) is 0 Å². The van der Waals surface area contributed by atoms with Gasteiger partial charge >= 0.3 is 0 Å². The number of rotatable bonds is 7. The van der Waals surface area contributed by atoms with Gasteiger partial charge in [0.2, 0.25) is 5.91 Å². The average molecular weight is 252 g/mol. The van der Waals surface area contributed by atoms with Gasteiger partial charge in [-0.3, -0.25) is 4.79 Å². The second-order valence-corrected chi connectivity index (χ2v) is 3.90. The lowest BCUT2D eigenvalue weighted by atomic mass is 10.2. The van der Waals surface area contributed by atoms with Crippen molar-refractivity contribution in [1.82, 2.24) is 4.90 Å². The number of hydrogen-bond donors (Lipinski definition) is 1. The van der Waals surface area contributed by atoms with Crippen molar-refractivity contribution < 1.29 is 14.3 Å². The molecule has 0 heterocycles. The van der Waals surface area contributed by atoms with E-state index in [0.29, 0.717) is 19.7 Å². The van der Waals surface area contributed by atoms with Crippen LogP contribution in [0.25, 0.3) is 0 Å². The summed E-state index contributed by atoms with van der Waals surface area (Å²) in [6.07, 6.45) is 0. The van der Waals surface area contributed by atoms with Crippen molar-refractivity contribution in [2.45, 2.75) is 6.54 Å². The molecule has 5 nitrogen and oxygen atoms in total. The van der Waals surface area contributed by atoms with Gasteiger partial charge in [-0.1, -0.05) is 18.2 Å². The van der Waals surface area contributed by atoms with E-state index in [-0.39, 0.29) is 12.5 Å². The van der Waals surface area contributed by atoms with E-state index in [1.54, 1.807) is 19.1 Å². The molecule has 0 aliphatic rings. The van der Waals surface area contributed by atoms with E-state index < -0.39 is 0 Å². The summed E-state index contributed by atoms with van der Waals surface area (Å²) in [6.45, 7) is 1.37. The molecule has 0 radical (unpaired) electrons. The Balaban J connectivity index is 2.52. The number of amides is 1. The summed E-state index contributed by atoms with van der Waals surface area (Å²) in [4.78, 5) is 13.3. The van der Waals surface area contributed by atoms with Crippen LogP contribution in [0.3, 0.4) is 0 Å². The number of carbonyl (C=O) groups excluding carboxylic acids is 1. The SMILES string of the molecule is COc1ccccc1CN(C)C(=O)COCCN. The minimum absolute atomic E-state index is 0.0584. The monoisotopic (exact) mass is 252 g/mol. The smallest absolute Gasteiger partial charge is 0.248 e. The van der Waals surface area contributed by atoms with Crippen LogP contribution >= 0.6 is 0 Å². The summed E-state index contributed by atoms with van der Waals surface area (Å²) in [5.41, 5.74) is 6.25. The Morgan fingerprint density at radius 3 is 2.78 bits per heavy atom. The number of nitrogens with two attached hydrogens (primary N) is 1. The summed E-state index contributed by atoms with van der Waals surface area (Å²) in [7, 11) is 3.35. The fraction of sp³-hybridized carbons (Fsp3) is 0.462. The molecule has 1 amide bonds. The maximum atomic E-state index is 11.7. The average Bonchev–Trinajstić information content (AvgIpc) is 2.39. The number of benzene rings is 1. The van der Waals surface area contributed by atoms with E-state index >= 15 is 0 Å². The third kappa shape index (κ3) is 4.35. The molecule has 0 bridgehead atoms. The Labute approximate surface area is 107 Å². The molecule has 0 aromatic heterocycles. The zero-order valence-corrected chi connectivity index (χ0v) is 10.9. The lowest BCUT2D eigenvalue weighted by molar-refractivity contribution is -0.135. The predicted octanol–water partition coefficient (Wildman–Crippen LogP) is 0.629. The van der Waals surface area contributed by atoms with Crippen molar-refractivity contribution in [3.05, 3.63) is 29.8 Å². The van der Waals surface area contributed by atoms with Gasteiger partial charge in [0, 0.05) is 25.7 Å². The molecule has 0 aliphatic carbocycles. The maximum absolute atomic E-state index is 11.7. The molecule has 0 unspecified atom stereocenters. The van der Waals surface area contributed by atoms with Gasteiger partial charge in [0.15, 0.2) is 0 Å². The van der Waals surface area contributed by atoms with Gasteiger partial charge in [-0.2, -0.15) is 0 Å². The van der Waals surface area contributed by atoms with Crippen LogP contribution in [0.5, 0.6) is 5.75 Å². The van der Waals surface area contributed by atoms with E-state index in [1.807, 2.05) is 24.3 Å². The summed E-state index contributed by atoms with van der Waals surface area (Å²) in [5.74, 6) is 0.703. The number of para-hydroxylation sites is 1. The topological polar surface area (TPSA) is 64.8 Å². The summed E-state index contributed by atoms with van der Waals surface area (Å²) >= 11 is 0. The van der Waals surface area contributed by atoms with Crippen molar-refractivity contribution in [3.8, 4) is 5.75 Å². The number of nitrogens with zero attached hydrogens (tertiary/aromatic N) is 1. The molecular weight excluding hydrogens is 232 g/mol. The first kappa shape index (κ1) is 14.5. The Bertz CT molecular complexity index is 382. The molecule has 18 heavy (non-hydrogen) atoms. The molecule has 0 atom stereocenters. The zero-order chi connectivity index (χ0) is 13.4. The van der Waals surface area contributed by atoms with Crippen molar-refractivity contribution in [2.75, 3.05) is 33.9 Å². The van der Waals surface area contributed by atoms with Gasteiger partial charge in [0.05, 0.1) is 13.7 Å². The normalized spacial score (nSPS) is 10.2. The number of ether oxygens (including phenoxy) is 2. The first-order valence-electron chi connectivity index (χ1n) is 5.82. The van der Waals surface area contributed by atoms with E-state index in [1.165, 1.54) is 0 Å². The van der Waals surface area contributed by atoms with Gasteiger partial charge in [-0.15, -0.1) is 0 Å².